The molecule has 0 amide bonds. The van der Waals surface area contributed by atoms with E-state index < -0.39 is 0 Å². The molecule has 15 heavy (non-hydrogen) atoms. The van der Waals surface area contributed by atoms with E-state index in [0.717, 1.165) is 27.8 Å². The molecule has 1 aromatic heterocycles. The Balaban J connectivity index is 2.69. The molecule has 0 N–H and O–H groups in total. The summed E-state index contributed by atoms with van der Waals surface area (Å²) in [6.45, 7) is 2.06. The van der Waals surface area contributed by atoms with E-state index >= 15 is 0 Å². The van der Waals surface area contributed by atoms with E-state index in [4.69, 9.17) is 0 Å². The van der Waals surface area contributed by atoms with Crippen molar-refractivity contribution >= 4 is 42.9 Å². The average molecular weight is 330 g/mol. The van der Waals surface area contributed by atoms with Crippen molar-refractivity contribution in [2.45, 2.75) is 17.1 Å². The van der Waals surface area contributed by atoms with Crippen molar-refractivity contribution < 1.29 is 0 Å². The largest absolute Gasteiger partial charge is 0.248 e. The van der Waals surface area contributed by atoms with Gasteiger partial charge in [0.2, 0.25) is 0 Å². The minimum atomic E-state index is 0.224. The van der Waals surface area contributed by atoms with Crippen LogP contribution in [0.4, 0.5) is 0 Å². The van der Waals surface area contributed by atoms with Gasteiger partial charge in [-0.05, 0) is 19.1 Å². The first-order valence-electron chi connectivity index (χ1n) is 4.68. The van der Waals surface area contributed by atoms with Crippen molar-refractivity contribution in [1.82, 2.24) is 9.97 Å². The number of benzene rings is 1. The fraction of sp³-hybridized carbons (Fsp3) is 0.273. The number of hydrogen-bond acceptors (Lipinski definition) is 2. The number of para-hydroxylation sites is 2. The quantitative estimate of drug-likeness (QED) is 0.779. The average Bonchev–Trinajstić information content (AvgIpc) is 2.27. The molecular formula is C11H10Br2N2. The van der Waals surface area contributed by atoms with Crippen molar-refractivity contribution in [2.75, 3.05) is 0 Å². The highest BCUT2D eigenvalue weighted by atomic mass is 79.9. The summed E-state index contributed by atoms with van der Waals surface area (Å²) in [4.78, 5) is 9.41. The van der Waals surface area contributed by atoms with Gasteiger partial charge in [0.15, 0.2) is 0 Å². The topological polar surface area (TPSA) is 25.8 Å². The van der Waals surface area contributed by atoms with Crippen LogP contribution in [0.5, 0.6) is 0 Å². The summed E-state index contributed by atoms with van der Waals surface area (Å²) in [5, 5.41) is 0.732. The minimum absolute atomic E-state index is 0.224. The van der Waals surface area contributed by atoms with Crippen LogP contribution in [0.3, 0.4) is 0 Å². The van der Waals surface area contributed by atoms with Crippen LogP contribution >= 0.6 is 31.9 Å². The molecule has 0 bridgehead atoms. The van der Waals surface area contributed by atoms with E-state index in [1.54, 1.807) is 0 Å². The summed E-state index contributed by atoms with van der Waals surface area (Å²) in [6, 6.07) is 7.93. The fourth-order valence-electron chi connectivity index (χ4n) is 1.47. The first kappa shape index (κ1) is 11.0. The number of halogens is 2. The minimum Gasteiger partial charge on any atom is -0.248 e. The predicted octanol–water partition coefficient (Wildman–Crippen LogP) is 3.98. The van der Waals surface area contributed by atoms with E-state index in [9.17, 15) is 0 Å². The normalized spacial score (nSPS) is 13.0. The smallest absolute Gasteiger partial charge is 0.0890 e. The van der Waals surface area contributed by atoms with Gasteiger partial charge in [0.1, 0.15) is 0 Å². The zero-order valence-electron chi connectivity index (χ0n) is 8.24. The van der Waals surface area contributed by atoms with Crippen molar-refractivity contribution in [3.8, 4) is 0 Å². The van der Waals surface area contributed by atoms with Crippen molar-refractivity contribution in [3.05, 3.63) is 35.7 Å². The Kier molecular flexibility index (Phi) is 3.36. The Labute approximate surface area is 105 Å². The van der Waals surface area contributed by atoms with Gasteiger partial charge in [-0.2, -0.15) is 0 Å². The molecule has 0 aliphatic rings. The van der Waals surface area contributed by atoms with Gasteiger partial charge in [0.05, 0.1) is 27.2 Å². The number of aromatic nitrogens is 2. The van der Waals surface area contributed by atoms with Gasteiger partial charge in [0, 0.05) is 5.33 Å². The second-order valence-electron chi connectivity index (χ2n) is 3.29. The third-order valence-corrected chi connectivity index (χ3v) is 3.14. The Hall–Kier alpha value is -0.480. The van der Waals surface area contributed by atoms with E-state index in [-0.39, 0.29) is 4.83 Å². The molecular weight excluding hydrogens is 320 g/mol. The number of fused-ring (bicyclic) bond motifs is 1. The Bertz CT molecular complexity index is 483. The maximum Gasteiger partial charge on any atom is 0.0890 e. The SMILES string of the molecule is CC(Br)c1nc2ccccc2nc1CBr. The lowest BCUT2D eigenvalue weighted by Gasteiger charge is -2.09. The lowest BCUT2D eigenvalue weighted by Crippen LogP contribution is -2.00. The third-order valence-electron chi connectivity index (χ3n) is 2.18. The molecule has 0 fully saturated rings. The highest BCUT2D eigenvalue weighted by molar-refractivity contribution is 9.09. The van der Waals surface area contributed by atoms with E-state index in [1.165, 1.54) is 0 Å². The van der Waals surface area contributed by atoms with Gasteiger partial charge in [-0.1, -0.05) is 44.0 Å². The molecule has 0 saturated carbocycles. The lowest BCUT2D eigenvalue weighted by atomic mass is 10.2. The van der Waals surface area contributed by atoms with Gasteiger partial charge in [-0.25, -0.2) is 9.97 Å². The molecule has 0 aliphatic carbocycles. The van der Waals surface area contributed by atoms with E-state index in [2.05, 4.69) is 48.8 Å². The van der Waals surface area contributed by atoms with E-state index in [1.807, 2.05) is 24.3 Å². The number of alkyl halides is 2. The highest BCUT2D eigenvalue weighted by Crippen LogP contribution is 2.25. The van der Waals surface area contributed by atoms with Crippen LogP contribution in [-0.2, 0) is 5.33 Å². The second kappa shape index (κ2) is 4.58. The summed E-state index contributed by atoms with van der Waals surface area (Å²) in [5.41, 5.74) is 3.90. The number of rotatable bonds is 2. The van der Waals surface area contributed by atoms with Gasteiger partial charge in [-0.15, -0.1) is 0 Å². The van der Waals surface area contributed by atoms with Crippen LogP contribution < -0.4 is 0 Å². The summed E-state index contributed by atoms with van der Waals surface area (Å²) in [5.74, 6) is 0. The molecule has 2 aromatic rings. The first-order chi connectivity index (χ1) is 7.22. The number of nitrogens with zero attached hydrogens (tertiary/aromatic N) is 2. The van der Waals surface area contributed by atoms with Crippen LogP contribution in [0.2, 0.25) is 0 Å². The van der Waals surface area contributed by atoms with Gasteiger partial charge in [-0.3, -0.25) is 0 Å². The standard InChI is InChI=1S/C11H10Br2N2/c1-7(13)11-10(6-12)14-8-4-2-3-5-9(8)15-11/h2-5,7H,6H2,1H3. The maximum atomic E-state index is 4.61. The Morgan fingerprint density at radius 3 is 2.33 bits per heavy atom. The summed E-state index contributed by atoms with van der Waals surface area (Å²) in [6.07, 6.45) is 0. The Morgan fingerprint density at radius 1 is 1.20 bits per heavy atom. The second-order valence-corrected chi connectivity index (χ2v) is 5.23. The van der Waals surface area contributed by atoms with Crippen LogP contribution in [-0.4, -0.2) is 9.97 Å². The maximum absolute atomic E-state index is 4.61. The molecule has 0 radical (unpaired) electrons. The number of hydrogen-bond donors (Lipinski definition) is 0. The van der Waals surface area contributed by atoms with Crippen LogP contribution in [0, 0.1) is 0 Å². The monoisotopic (exact) mass is 328 g/mol. The summed E-state index contributed by atoms with van der Waals surface area (Å²) >= 11 is 6.98. The van der Waals surface area contributed by atoms with Crippen LogP contribution in [0.1, 0.15) is 23.1 Å². The zero-order chi connectivity index (χ0) is 10.8. The molecule has 2 nitrogen and oxygen atoms in total. The van der Waals surface area contributed by atoms with Gasteiger partial charge < -0.3 is 0 Å². The lowest BCUT2D eigenvalue weighted by molar-refractivity contribution is 0.976. The fourth-order valence-corrected chi connectivity index (χ4v) is 2.25. The molecule has 4 heteroatoms. The predicted molar refractivity (Wildman–Crippen MR) is 69.5 cm³/mol. The molecule has 0 saturated heterocycles. The Morgan fingerprint density at radius 2 is 1.80 bits per heavy atom. The molecule has 0 aliphatic heterocycles. The molecule has 1 aromatic carbocycles. The molecule has 0 spiro atoms. The molecule has 78 valence electrons. The van der Waals surface area contributed by atoms with E-state index in [0.29, 0.717) is 0 Å². The van der Waals surface area contributed by atoms with Crippen molar-refractivity contribution in [2.24, 2.45) is 0 Å². The molecule has 2 rings (SSSR count). The van der Waals surface area contributed by atoms with Gasteiger partial charge in [0.25, 0.3) is 0 Å². The third kappa shape index (κ3) is 2.21. The zero-order valence-corrected chi connectivity index (χ0v) is 11.4. The van der Waals surface area contributed by atoms with Crippen LogP contribution in [0.25, 0.3) is 11.0 Å². The summed E-state index contributed by atoms with van der Waals surface area (Å²) in [7, 11) is 0. The summed E-state index contributed by atoms with van der Waals surface area (Å²) < 4.78 is 0. The molecule has 1 heterocycles. The van der Waals surface area contributed by atoms with Gasteiger partial charge >= 0.3 is 0 Å². The highest BCUT2D eigenvalue weighted by Gasteiger charge is 2.11. The molecule has 1 atom stereocenters. The van der Waals surface area contributed by atoms with Crippen molar-refractivity contribution in [1.29, 1.82) is 0 Å². The van der Waals surface area contributed by atoms with Crippen molar-refractivity contribution in [3.63, 3.8) is 0 Å². The molecule has 1 unspecified atom stereocenters. The van der Waals surface area contributed by atoms with Crippen LogP contribution in [0.15, 0.2) is 24.3 Å². The first-order valence-corrected chi connectivity index (χ1v) is 6.71.